The molecule has 2 nitrogen and oxygen atoms in total. The molecule has 0 aliphatic heterocycles. The van der Waals surface area contributed by atoms with Crippen LogP contribution < -0.4 is 0 Å². The molecule has 0 saturated heterocycles. The number of thiol groups is 1. The lowest BCUT2D eigenvalue weighted by atomic mass is 10.0. The molecule has 1 atom stereocenters. The third-order valence-corrected chi connectivity index (χ3v) is 3.63. The van der Waals surface area contributed by atoms with Crippen LogP contribution in [-0.4, -0.2) is 10.9 Å². The van der Waals surface area contributed by atoms with E-state index in [1.807, 2.05) is 13.0 Å². The molecule has 0 aromatic carbocycles. The molecule has 0 N–H and O–H groups in total. The van der Waals surface area contributed by atoms with Gasteiger partial charge in [0.2, 0.25) is 0 Å². The molecule has 0 fully saturated rings. The molecular formula is C21H30O2S. The fourth-order valence-electron chi connectivity index (χ4n) is 2.05. The number of ketones is 1. The standard InChI is InChI=1S/C21H30O2S/c1-5-17(2)11-7-6-8-12-18(3)15-19(4)13-9-10-14-20(22)16-21(23)24/h5-8,10-11,14-15,18H,9,12-13,16H2,1-4H3,(H,23,24)/b8-6+,11-7+,14-10+,17-5+,19-15+/t18-/m0/s1. The van der Waals surface area contributed by atoms with Gasteiger partial charge in [0, 0.05) is 0 Å². The van der Waals surface area contributed by atoms with Crippen LogP contribution in [0.2, 0.25) is 0 Å². The number of carbonyl (C=O) groups is 2. The summed E-state index contributed by atoms with van der Waals surface area (Å²) in [5.74, 6) is 0.307. The van der Waals surface area contributed by atoms with Gasteiger partial charge in [-0.15, -0.1) is 12.6 Å². The van der Waals surface area contributed by atoms with Crippen molar-refractivity contribution in [3.05, 3.63) is 59.8 Å². The minimum absolute atomic E-state index is 0.125. The zero-order valence-electron chi connectivity index (χ0n) is 15.3. The molecule has 0 aliphatic carbocycles. The van der Waals surface area contributed by atoms with Gasteiger partial charge in [-0.1, -0.05) is 60.6 Å². The number of hydrogen-bond donors (Lipinski definition) is 1. The summed E-state index contributed by atoms with van der Waals surface area (Å²) in [7, 11) is 0. The van der Waals surface area contributed by atoms with E-state index >= 15 is 0 Å². The first kappa shape index (κ1) is 22.4. The monoisotopic (exact) mass is 346 g/mol. The summed E-state index contributed by atoms with van der Waals surface area (Å²) in [6.07, 6.45) is 18.7. The minimum Gasteiger partial charge on any atom is -0.294 e. The molecular weight excluding hydrogens is 316 g/mol. The Bertz CT molecular complexity index is 548. The van der Waals surface area contributed by atoms with Crippen LogP contribution in [0.4, 0.5) is 0 Å². The lowest BCUT2D eigenvalue weighted by Crippen LogP contribution is -1.98. The van der Waals surface area contributed by atoms with E-state index in [1.165, 1.54) is 17.2 Å². The molecule has 3 heteroatoms. The summed E-state index contributed by atoms with van der Waals surface area (Å²) >= 11 is 3.59. The lowest BCUT2D eigenvalue weighted by Gasteiger charge is -2.05. The van der Waals surface area contributed by atoms with Gasteiger partial charge < -0.3 is 0 Å². The molecule has 0 heterocycles. The first-order valence-electron chi connectivity index (χ1n) is 8.39. The topological polar surface area (TPSA) is 34.1 Å². The highest BCUT2D eigenvalue weighted by Crippen LogP contribution is 2.12. The highest BCUT2D eigenvalue weighted by molar-refractivity contribution is 7.96. The second kappa shape index (κ2) is 13.8. The predicted molar refractivity (Wildman–Crippen MR) is 107 cm³/mol. The number of carbonyl (C=O) groups excluding carboxylic acids is 2. The van der Waals surface area contributed by atoms with E-state index in [9.17, 15) is 9.59 Å². The Kier molecular flexibility index (Phi) is 12.9. The Morgan fingerprint density at radius 1 is 1.08 bits per heavy atom. The normalized spacial score (nSPS) is 14.9. The number of rotatable bonds is 11. The first-order chi connectivity index (χ1) is 11.3. The fraction of sp³-hybridized carbons (Fsp3) is 0.429. The van der Waals surface area contributed by atoms with Gasteiger partial charge in [-0.25, -0.2) is 0 Å². The molecule has 0 aromatic heterocycles. The van der Waals surface area contributed by atoms with Crippen molar-refractivity contribution in [2.45, 2.75) is 53.4 Å². The van der Waals surface area contributed by atoms with Crippen molar-refractivity contribution in [2.75, 3.05) is 0 Å². The van der Waals surface area contributed by atoms with Gasteiger partial charge in [0.05, 0.1) is 6.42 Å². The molecule has 0 unspecified atom stereocenters. The van der Waals surface area contributed by atoms with E-state index in [0.717, 1.165) is 19.3 Å². The first-order valence-corrected chi connectivity index (χ1v) is 8.84. The number of hydrogen-bond acceptors (Lipinski definition) is 2. The van der Waals surface area contributed by atoms with Crippen molar-refractivity contribution in [3.63, 3.8) is 0 Å². The molecule has 0 aliphatic rings. The Morgan fingerprint density at radius 2 is 1.79 bits per heavy atom. The van der Waals surface area contributed by atoms with Gasteiger partial charge in [0.1, 0.15) is 0 Å². The van der Waals surface area contributed by atoms with E-state index in [-0.39, 0.29) is 12.2 Å². The third-order valence-electron chi connectivity index (χ3n) is 3.47. The molecule has 0 amide bonds. The second-order valence-corrected chi connectivity index (χ2v) is 6.52. The maximum atomic E-state index is 11.3. The van der Waals surface area contributed by atoms with Gasteiger partial charge in [0.25, 0.3) is 0 Å². The Morgan fingerprint density at radius 3 is 2.42 bits per heavy atom. The summed E-state index contributed by atoms with van der Waals surface area (Å²) < 4.78 is 0. The van der Waals surface area contributed by atoms with Crippen LogP contribution >= 0.6 is 12.6 Å². The van der Waals surface area contributed by atoms with Crippen LogP contribution in [0.25, 0.3) is 0 Å². The smallest absolute Gasteiger partial charge is 0.193 e. The quantitative estimate of drug-likeness (QED) is 0.169. The fourth-order valence-corrected chi connectivity index (χ4v) is 2.20. The van der Waals surface area contributed by atoms with Crippen molar-refractivity contribution in [1.82, 2.24) is 0 Å². The molecule has 0 rings (SSSR count). The zero-order valence-corrected chi connectivity index (χ0v) is 16.2. The maximum absolute atomic E-state index is 11.3. The summed E-state index contributed by atoms with van der Waals surface area (Å²) in [6, 6.07) is 0. The van der Waals surface area contributed by atoms with Gasteiger partial charge >= 0.3 is 0 Å². The van der Waals surface area contributed by atoms with E-state index in [0.29, 0.717) is 5.92 Å². The van der Waals surface area contributed by atoms with Crippen LogP contribution in [0.5, 0.6) is 0 Å². The molecule has 0 radical (unpaired) electrons. The second-order valence-electron chi connectivity index (χ2n) is 6.02. The molecule has 0 aromatic rings. The molecule has 132 valence electrons. The van der Waals surface area contributed by atoms with E-state index < -0.39 is 5.12 Å². The summed E-state index contributed by atoms with van der Waals surface area (Å²) in [5.41, 5.74) is 2.58. The number of allylic oxidation sites excluding steroid dienone is 10. The Hall–Kier alpha value is -1.61. The molecule has 0 bridgehead atoms. The molecule has 24 heavy (non-hydrogen) atoms. The Balaban J connectivity index is 4.13. The highest BCUT2D eigenvalue weighted by Gasteiger charge is 2.01. The van der Waals surface area contributed by atoms with E-state index in [2.05, 4.69) is 69.9 Å². The van der Waals surface area contributed by atoms with Crippen LogP contribution in [0, 0.1) is 5.92 Å². The van der Waals surface area contributed by atoms with E-state index in [1.54, 1.807) is 0 Å². The van der Waals surface area contributed by atoms with Crippen molar-refractivity contribution < 1.29 is 9.59 Å². The van der Waals surface area contributed by atoms with Crippen molar-refractivity contribution >= 4 is 23.5 Å². The predicted octanol–water partition coefficient (Wildman–Crippen LogP) is 5.79. The van der Waals surface area contributed by atoms with Crippen molar-refractivity contribution in [2.24, 2.45) is 5.92 Å². The summed E-state index contributed by atoms with van der Waals surface area (Å²) in [6.45, 7) is 8.43. The van der Waals surface area contributed by atoms with Gasteiger partial charge in [-0.2, -0.15) is 0 Å². The van der Waals surface area contributed by atoms with Gasteiger partial charge in [-0.05, 0) is 52.0 Å². The van der Waals surface area contributed by atoms with E-state index in [4.69, 9.17) is 0 Å². The van der Waals surface area contributed by atoms with Crippen molar-refractivity contribution in [3.8, 4) is 0 Å². The average Bonchev–Trinajstić information content (AvgIpc) is 2.50. The SMILES string of the molecule is C/C=C(C)/C=C/C=C/C[C@H](C)/C=C(\C)CC/C=C/C(=O)CC(=O)S. The molecule has 0 spiro atoms. The van der Waals surface area contributed by atoms with Gasteiger partial charge in [-0.3, -0.25) is 9.59 Å². The van der Waals surface area contributed by atoms with Gasteiger partial charge in [0.15, 0.2) is 10.9 Å². The van der Waals surface area contributed by atoms with Crippen molar-refractivity contribution in [1.29, 1.82) is 0 Å². The zero-order chi connectivity index (χ0) is 18.4. The lowest BCUT2D eigenvalue weighted by molar-refractivity contribution is -0.120. The maximum Gasteiger partial charge on any atom is 0.193 e. The third kappa shape index (κ3) is 14.0. The van der Waals surface area contributed by atoms with Crippen LogP contribution in [-0.2, 0) is 9.59 Å². The Labute approximate surface area is 152 Å². The molecule has 0 saturated carbocycles. The summed E-state index contributed by atoms with van der Waals surface area (Å²) in [5, 5.41) is -0.390. The highest BCUT2D eigenvalue weighted by atomic mass is 32.1. The van der Waals surface area contributed by atoms with Crippen LogP contribution in [0.15, 0.2) is 59.8 Å². The average molecular weight is 347 g/mol. The largest absolute Gasteiger partial charge is 0.294 e. The van der Waals surface area contributed by atoms with Crippen LogP contribution in [0.3, 0.4) is 0 Å². The van der Waals surface area contributed by atoms with Crippen LogP contribution in [0.1, 0.15) is 53.4 Å². The minimum atomic E-state index is -0.390. The summed E-state index contributed by atoms with van der Waals surface area (Å²) in [4.78, 5) is 22.0.